The van der Waals surface area contributed by atoms with Crippen molar-refractivity contribution < 1.29 is 9.53 Å². The summed E-state index contributed by atoms with van der Waals surface area (Å²) in [7, 11) is 3.60. The molecule has 0 unspecified atom stereocenters. The number of methoxy groups -OCH3 is 1. The topological polar surface area (TPSA) is 72.3 Å². The number of aromatic nitrogens is 3. The molecule has 1 aliphatic heterocycles. The molecule has 1 fully saturated rings. The second-order valence-electron chi connectivity index (χ2n) is 6.86. The van der Waals surface area contributed by atoms with Crippen LogP contribution in [0.15, 0.2) is 24.5 Å². The van der Waals surface area contributed by atoms with Crippen molar-refractivity contribution >= 4 is 11.6 Å². The maximum atomic E-state index is 12.7. The number of carbonyl (C=O) groups is 1. The number of anilines is 1. The van der Waals surface area contributed by atoms with Crippen molar-refractivity contribution in [2.45, 2.75) is 26.3 Å². The first-order valence-corrected chi connectivity index (χ1v) is 8.94. The number of likely N-dealkylation sites (tertiary alicyclic amines) is 1. The van der Waals surface area contributed by atoms with Gasteiger partial charge in [-0.15, -0.1) is 0 Å². The van der Waals surface area contributed by atoms with Crippen molar-refractivity contribution in [1.29, 1.82) is 0 Å². The molecule has 1 N–H and O–H groups in total. The fraction of sp³-hybridized carbons (Fsp3) is 0.526. The third-order valence-electron chi connectivity index (χ3n) is 5.13. The molecule has 0 aromatic carbocycles. The van der Waals surface area contributed by atoms with Crippen LogP contribution in [0, 0.1) is 19.8 Å². The number of ether oxygens (including phenoxy) is 1. The Balaban J connectivity index is 1.82. The summed E-state index contributed by atoms with van der Waals surface area (Å²) < 4.78 is 7.08. The molecule has 7 heteroatoms. The number of hydrogen-bond donors (Lipinski definition) is 1. The minimum Gasteiger partial charge on any atom is -0.385 e. The molecule has 2 aromatic heterocycles. The number of nitrogens with zero attached hydrogens (tertiary/aromatic N) is 4. The van der Waals surface area contributed by atoms with Crippen LogP contribution in [0.1, 0.15) is 29.4 Å². The van der Waals surface area contributed by atoms with Gasteiger partial charge in [-0.2, -0.15) is 5.10 Å². The van der Waals surface area contributed by atoms with Gasteiger partial charge >= 0.3 is 0 Å². The Morgan fingerprint density at radius 1 is 1.38 bits per heavy atom. The van der Waals surface area contributed by atoms with Crippen LogP contribution in [0.5, 0.6) is 0 Å². The van der Waals surface area contributed by atoms with E-state index in [0.717, 1.165) is 29.2 Å². The van der Waals surface area contributed by atoms with E-state index in [1.54, 1.807) is 13.3 Å². The van der Waals surface area contributed by atoms with Crippen LogP contribution in [0.25, 0.3) is 0 Å². The maximum Gasteiger partial charge on any atom is 0.223 e. The first-order valence-electron chi connectivity index (χ1n) is 8.94. The van der Waals surface area contributed by atoms with Gasteiger partial charge in [0, 0.05) is 68.4 Å². The van der Waals surface area contributed by atoms with E-state index in [-0.39, 0.29) is 17.9 Å². The first kappa shape index (κ1) is 18.4. The minimum absolute atomic E-state index is 0.0155. The second kappa shape index (κ2) is 7.86. The number of rotatable bonds is 7. The lowest BCUT2D eigenvalue weighted by Crippen LogP contribution is -2.33. The highest BCUT2D eigenvalue weighted by Gasteiger charge is 2.41. The van der Waals surface area contributed by atoms with Gasteiger partial charge in [0.1, 0.15) is 0 Å². The van der Waals surface area contributed by atoms with Crippen LogP contribution in [0.4, 0.5) is 5.69 Å². The quantitative estimate of drug-likeness (QED) is 0.821. The average molecular weight is 357 g/mol. The molecule has 0 spiro atoms. The van der Waals surface area contributed by atoms with Gasteiger partial charge in [0.15, 0.2) is 0 Å². The number of pyridine rings is 1. The summed E-state index contributed by atoms with van der Waals surface area (Å²) in [6.45, 7) is 5.87. The molecule has 1 aliphatic rings. The highest BCUT2D eigenvalue weighted by molar-refractivity contribution is 5.80. The van der Waals surface area contributed by atoms with Gasteiger partial charge in [-0.3, -0.25) is 14.5 Å². The molecule has 0 aliphatic carbocycles. The minimum atomic E-state index is 0.0155. The smallest absolute Gasteiger partial charge is 0.223 e. The van der Waals surface area contributed by atoms with E-state index in [4.69, 9.17) is 4.74 Å². The molecule has 3 rings (SSSR count). The van der Waals surface area contributed by atoms with Gasteiger partial charge in [0.05, 0.1) is 18.8 Å². The van der Waals surface area contributed by atoms with Gasteiger partial charge in [-0.1, -0.05) is 0 Å². The predicted molar refractivity (Wildman–Crippen MR) is 99.8 cm³/mol. The highest BCUT2D eigenvalue weighted by Crippen LogP contribution is 2.39. The summed E-state index contributed by atoms with van der Waals surface area (Å²) in [5.41, 5.74) is 4.21. The lowest BCUT2D eigenvalue weighted by Gasteiger charge is -2.28. The summed E-state index contributed by atoms with van der Waals surface area (Å²) >= 11 is 0. The molecule has 1 saturated heterocycles. The van der Waals surface area contributed by atoms with Gasteiger partial charge < -0.3 is 15.0 Å². The van der Waals surface area contributed by atoms with E-state index in [1.807, 2.05) is 41.9 Å². The van der Waals surface area contributed by atoms with Gasteiger partial charge in [0.2, 0.25) is 5.91 Å². The molecule has 2 aromatic rings. The Morgan fingerprint density at radius 2 is 2.19 bits per heavy atom. The normalized spacial score (nSPS) is 20.0. The number of carbonyl (C=O) groups excluding carboxylic acids is 1. The first-order chi connectivity index (χ1) is 12.5. The Kier molecular flexibility index (Phi) is 5.56. The Hall–Kier alpha value is -2.41. The molecule has 1 amide bonds. The molecule has 0 radical (unpaired) electrons. The van der Waals surface area contributed by atoms with Crippen molar-refractivity contribution in [3.63, 3.8) is 0 Å². The second-order valence-corrected chi connectivity index (χ2v) is 6.86. The van der Waals surface area contributed by atoms with Crippen LogP contribution < -0.4 is 5.32 Å². The summed E-state index contributed by atoms with van der Waals surface area (Å²) in [6, 6.07) is 3.99. The van der Waals surface area contributed by atoms with Crippen molar-refractivity contribution in [3.05, 3.63) is 41.5 Å². The standard InChI is InChI=1S/C19H27N5O2/c1-13-9-16(5-6-20-13)21-11-15-10-18(25)24(7-8-26-4)19(15)17-12-22-23(3)14(17)2/h5-6,9,12,15,19H,7-8,10-11H2,1-4H3,(H,20,21)/t15-,19+/m1/s1. The molecular formula is C19H27N5O2. The summed E-state index contributed by atoms with van der Waals surface area (Å²) in [4.78, 5) is 18.8. The van der Waals surface area contributed by atoms with Crippen molar-refractivity contribution in [3.8, 4) is 0 Å². The number of hydrogen-bond acceptors (Lipinski definition) is 5. The zero-order valence-corrected chi connectivity index (χ0v) is 15.9. The van der Waals surface area contributed by atoms with Crippen LogP contribution in [0.2, 0.25) is 0 Å². The molecule has 3 heterocycles. The van der Waals surface area contributed by atoms with Crippen molar-refractivity contribution in [1.82, 2.24) is 19.7 Å². The summed E-state index contributed by atoms with van der Waals surface area (Å²) in [6.07, 6.45) is 4.22. The number of nitrogens with one attached hydrogen (secondary N) is 1. The molecular weight excluding hydrogens is 330 g/mol. The fourth-order valence-corrected chi connectivity index (χ4v) is 3.63. The Morgan fingerprint density at radius 3 is 2.85 bits per heavy atom. The maximum absolute atomic E-state index is 12.7. The van der Waals surface area contributed by atoms with E-state index in [0.29, 0.717) is 19.6 Å². The molecule has 140 valence electrons. The fourth-order valence-electron chi connectivity index (χ4n) is 3.63. The molecule has 0 saturated carbocycles. The van der Waals surface area contributed by atoms with E-state index in [9.17, 15) is 4.79 Å². The average Bonchev–Trinajstić information content (AvgIpc) is 3.10. The lowest BCUT2D eigenvalue weighted by atomic mass is 9.93. The molecule has 7 nitrogen and oxygen atoms in total. The SMILES string of the molecule is COCCN1C(=O)C[C@H](CNc2ccnc(C)c2)[C@H]1c1cnn(C)c1C. The van der Waals surface area contributed by atoms with Crippen LogP contribution in [-0.2, 0) is 16.6 Å². The van der Waals surface area contributed by atoms with Gasteiger partial charge in [-0.25, -0.2) is 0 Å². The molecule has 0 bridgehead atoms. The molecule has 26 heavy (non-hydrogen) atoms. The third-order valence-corrected chi connectivity index (χ3v) is 5.13. The van der Waals surface area contributed by atoms with E-state index in [2.05, 4.69) is 22.3 Å². The summed E-state index contributed by atoms with van der Waals surface area (Å²) in [5.74, 6) is 0.351. The molecule has 2 atom stereocenters. The Bertz CT molecular complexity index is 773. The van der Waals surface area contributed by atoms with Crippen LogP contribution in [-0.4, -0.2) is 52.4 Å². The van der Waals surface area contributed by atoms with Crippen molar-refractivity contribution in [2.75, 3.05) is 32.1 Å². The van der Waals surface area contributed by atoms with Gasteiger partial charge in [-0.05, 0) is 26.0 Å². The van der Waals surface area contributed by atoms with Crippen LogP contribution >= 0.6 is 0 Å². The monoisotopic (exact) mass is 357 g/mol. The Labute approximate surface area is 154 Å². The van der Waals surface area contributed by atoms with Crippen LogP contribution in [0.3, 0.4) is 0 Å². The van der Waals surface area contributed by atoms with E-state index < -0.39 is 0 Å². The number of aryl methyl sites for hydroxylation is 2. The highest BCUT2D eigenvalue weighted by atomic mass is 16.5. The zero-order valence-electron chi connectivity index (χ0n) is 15.9. The third kappa shape index (κ3) is 3.72. The van der Waals surface area contributed by atoms with Crippen molar-refractivity contribution in [2.24, 2.45) is 13.0 Å². The predicted octanol–water partition coefficient (Wildman–Crippen LogP) is 2.08. The summed E-state index contributed by atoms with van der Waals surface area (Å²) in [5, 5.41) is 7.86. The lowest BCUT2D eigenvalue weighted by molar-refractivity contribution is -0.129. The van der Waals surface area contributed by atoms with Gasteiger partial charge in [0.25, 0.3) is 0 Å². The van der Waals surface area contributed by atoms with E-state index in [1.165, 1.54) is 0 Å². The largest absolute Gasteiger partial charge is 0.385 e. The zero-order chi connectivity index (χ0) is 18.7. The number of amides is 1. The van der Waals surface area contributed by atoms with E-state index >= 15 is 0 Å².